The number of nitrogen functional groups attached to an aromatic ring is 1. The summed E-state index contributed by atoms with van der Waals surface area (Å²) in [5, 5.41) is 4.33. The predicted molar refractivity (Wildman–Crippen MR) is 92.7 cm³/mol. The summed E-state index contributed by atoms with van der Waals surface area (Å²) in [5.74, 6) is 0.686. The third-order valence-electron chi connectivity index (χ3n) is 3.42. The lowest BCUT2D eigenvalue weighted by Crippen LogP contribution is -2.22. The lowest BCUT2D eigenvalue weighted by molar-refractivity contribution is 0.0786. The van der Waals surface area contributed by atoms with Crippen LogP contribution in [0.15, 0.2) is 30.6 Å². The maximum absolute atomic E-state index is 5.94. The van der Waals surface area contributed by atoms with Crippen LogP contribution < -0.4 is 10.5 Å². The summed E-state index contributed by atoms with van der Waals surface area (Å²) in [6.07, 6.45) is 3.79. The molecule has 0 aliphatic heterocycles. The van der Waals surface area contributed by atoms with Crippen molar-refractivity contribution in [2.24, 2.45) is 0 Å². The van der Waals surface area contributed by atoms with Crippen LogP contribution in [0.4, 0.5) is 5.69 Å². The number of hydrogen-bond donors (Lipinski definition) is 1. The van der Waals surface area contributed by atoms with Crippen LogP contribution in [0.1, 0.15) is 0 Å². The third kappa shape index (κ3) is 4.61. The second-order valence-electron chi connectivity index (χ2n) is 6.57. The molecule has 1 aromatic heterocycles. The summed E-state index contributed by atoms with van der Waals surface area (Å²) >= 11 is 0. The van der Waals surface area contributed by atoms with Crippen LogP contribution in [0.25, 0.3) is 11.1 Å². The number of ether oxygens (including phenoxy) is 2. The molecule has 0 atom stereocenters. The van der Waals surface area contributed by atoms with E-state index in [4.69, 9.17) is 15.2 Å². The lowest BCUT2D eigenvalue weighted by atomic mass is 10.1. The molecule has 6 heteroatoms. The monoisotopic (exact) mass is 319 g/mol. The number of rotatable bonds is 7. The molecular formula is C16H25N3O2Si. The Labute approximate surface area is 133 Å². The Morgan fingerprint density at radius 3 is 2.64 bits per heavy atom. The normalized spacial score (nSPS) is 11.6. The maximum Gasteiger partial charge on any atom is 0.141 e. The van der Waals surface area contributed by atoms with Gasteiger partial charge in [-0.05, 0) is 23.7 Å². The standard InChI is InChI=1S/C16H25N3O2Si/c1-20-16-6-5-13(9-15(16)17)14-10-18-19(11-14)12-21-7-8-22(2,3)4/h5-6,9-11H,7-8,12,17H2,1-4H3. The third-order valence-corrected chi connectivity index (χ3v) is 5.12. The highest BCUT2D eigenvalue weighted by Crippen LogP contribution is 2.27. The first kappa shape index (κ1) is 16.6. The van der Waals surface area contributed by atoms with Crippen LogP contribution >= 0.6 is 0 Å². The number of anilines is 1. The van der Waals surface area contributed by atoms with Gasteiger partial charge in [0.05, 0.1) is 19.0 Å². The molecule has 0 radical (unpaired) electrons. The molecule has 0 aliphatic rings. The van der Waals surface area contributed by atoms with E-state index < -0.39 is 8.07 Å². The molecule has 0 fully saturated rings. The smallest absolute Gasteiger partial charge is 0.141 e. The average molecular weight is 319 g/mol. The fourth-order valence-electron chi connectivity index (χ4n) is 2.03. The van der Waals surface area contributed by atoms with Crippen molar-refractivity contribution in [2.45, 2.75) is 32.4 Å². The number of aromatic nitrogens is 2. The first-order chi connectivity index (χ1) is 10.4. The Hall–Kier alpha value is -1.79. The van der Waals surface area contributed by atoms with Gasteiger partial charge in [0.25, 0.3) is 0 Å². The zero-order valence-corrected chi connectivity index (χ0v) is 14.8. The Morgan fingerprint density at radius 1 is 1.23 bits per heavy atom. The van der Waals surface area contributed by atoms with Crippen LogP contribution in [0.5, 0.6) is 5.75 Å². The van der Waals surface area contributed by atoms with Gasteiger partial charge in [0.15, 0.2) is 0 Å². The van der Waals surface area contributed by atoms with E-state index in [1.807, 2.05) is 30.6 Å². The minimum Gasteiger partial charge on any atom is -0.495 e. The van der Waals surface area contributed by atoms with E-state index >= 15 is 0 Å². The van der Waals surface area contributed by atoms with E-state index in [1.54, 1.807) is 11.8 Å². The van der Waals surface area contributed by atoms with E-state index in [-0.39, 0.29) is 0 Å². The van der Waals surface area contributed by atoms with Gasteiger partial charge in [-0.25, -0.2) is 4.68 Å². The van der Waals surface area contributed by atoms with Gasteiger partial charge >= 0.3 is 0 Å². The van der Waals surface area contributed by atoms with E-state index in [9.17, 15) is 0 Å². The van der Waals surface area contributed by atoms with Crippen LogP contribution in [0.2, 0.25) is 25.7 Å². The minimum atomic E-state index is -1.04. The van der Waals surface area contributed by atoms with Gasteiger partial charge in [-0.15, -0.1) is 0 Å². The summed E-state index contributed by atoms with van der Waals surface area (Å²) in [6.45, 7) is 8.31. The molecule has 120 valence electrons. The van der Waals surface area contributed by atoms with E-state index in [1.165, 1.54) is 0 Å². The highest BCUT2D eigenvalue weighted by atomic mass is 28.3. The number of benzene rings is 1. The molecule has 1 aromatic carbocycles. The summed E-state index contributed by atoms with van der Waals surface area (Å²) in [4.78, 5) is 0. The SMILES string of the molecule is COc1ccc(-c2cnn(COCC[Si](C)(C)C)c2)cc1N. The number of nitrogens with zero attached hydrogens (tertiary/aromatic N) is 2. The van der Waals surface area contributed by atoms with Crippen LogP contribution in [-0.2, 0) is 11.5 Å². The lowest BCUT2D eigenvalue weighted by Gasteiger charge is -2.15. The van der Waals surface area contributed by atoms with E-state index in [0.717, 1.165) is 23.8 Å². The number of methoxy groups -OCH3 is 1. The molecule has 0 saturated heterocycles. The predicted octanol–water partition coefficient (Wildman–Crippen LogP) is 3.45. The molecule has 0 saturated carbocycles. The first-order valence-corrected chi connectivity index (χ1v) is 11.1. The molecular weight excluding hydrogens is 294 g/mol. The molecule has 0 amide bonds. The fraction of sp³-hybridized carbons (Fsp3) is 0.438. The van der Waals surface area contributed by atoms with Crippen molar-refractivity contribution < 1.29 is 9.47 Å². The Kier molecular flexibility index (Phi) is 5.26. The van der Waals surface area contributed by atoms with Crippen molar-refractivity contribution in [3.05, 3.63) is 30.6 Å². The van der Waals surface area contributed by atoms with Crippen LogP contribution in [-0.4, -0.2) is 31.6 Å². The van der Waals surface area contributed by atoms with Crippen molar-refractivity contribution in [2.75, 3.05) is 19.5 Å². The highest BCUT2D eigenvalue weighted by Gasteiger charge is 2.12. The fourth-order valence-corrected chi connectivity index (χ4v) is 2.79. The Bertz CT molecular complexity index is 620. The number of nitrogens with two attached hydrogens (primary N) is 1. The second-order valence-corrected chi connectivity index (χ2v) is 12.2. The maximum atomic E-state index is 5.94. The van der Waals surface area contributed by atoms with Crippen molar-refractivity contribution in [1.29, 1.82) is 0 Å². The molecule has 2 N–H and O–H groups in total. The molecule has 2 aromatic rings. The van der Waals surface area contributed by atoms with Crippen molar-refractivity contribution in [1.82, 2.24) is 9.78 Å². The summed E-state index contributed by atoms with van der Waals surface area (Å²) in [7, 11) is 0.574. The summed E-state index contributed by atoms with van der Waals surface area (Å²) in [6, 6.07) is 6.90. The van der Waals surface area contributed by atoms with Gasteiger partial charge in [0.2, 0.25) is 0 Å². The highest BCUT2D eigenvalue weighted by molar-refractivity contribution is 6.76. The van der Waals surface area contributed by atoms with Gasteiger partial charge < -0.3 is 15.2 Å². The van der Waals surface area contributed by atoms with Crippen molar-refractivity contribution >= 4 is 13.8 Å². The Balaban J connectivity index is 1.95. The van der Waals surface area contributed by atoms with Crippen LogP contribution in [0.3, 0.4) is 0 Å². The second kappa shape index (κ2) is 6.98. The molecule has 5 nitrogen and oxygen atoms in total. The van der Waals surface area contributed by atoms with Gasteiger partial charge in [0, 0.05) is 26.4 Å². The molecule has 0 spiro atoms. The van der Waals surface area contributed by atoms with Crippen molar-refractivity contribution in [3.63, 3.8) is 0 Å². The zero-order chi connectivity index (χ0) is 16.2. The zero-order valence-electron chi connectivity index (χ0n) is 13.8. The van der Waals surface area contributed by atoms with Gasteiger partial charge in [-0.2, -0.15) is 5.10 Å². The average Bonchev–Trinajstić information content (AvgIpc) is 2.91. The quantitative estimate of drug-likeness (QED) is 0.482. The summed E-state index contributed by atoms with van der Waals surface area (Å²) < 4.78 is 12.7. The first-order valence-electron chi connectivity index (χ1n) is 7.43. The van der Waals surface area contributed by atoms with Crippen LogP contribution in [0, 0.1) is 0 Å². The minimum absolute atomic E-state index is 0.482. The molecule has 0 unspecified atom stereocenters. The largest absolute Gasteiger partial charge is 0.495 e. The molecule has 0 bridgehead atoms. The van der Waals surface area contributed by atoms with Gasteiger partial charge in [0.1, 0.15) is 12.5 Å². The molecule has 0 aliphatic carbocycles. The van der Waals surface area contributed by atoms with Crippen molar-refractivity contribution in [3.8, 4) is 16.9 Å². The molecule has 22 heavy (non-hydrogen) atoms. The Morgan fingerprint density at radius 2 is 2.00 bits per heavy atom. The van der Waals surface area contributed by atoms with E-state index in [2.05, 4.69) is 24.7 Å². The number of hydrogen-bond acceptors (Lipinski definition) is 4. The topological polar surface area (TPSA) is 62.3 Å². The molecule has 1 heterocycles. The summed E-state index contributed by atoms with van der Waals surface area (Å²) in [5.41, 5.74) is 8.60. The molecule has 2 rings (SSSR count). The van der Waals surface area contributed by atoms with Gasteiger partial charge in [-0.3, -0.25) is 0 Å². The van der Waals surface area contributed by atoms with E-state index in [0.29, 0.717) is 18.2 Å². The van der Waals surface area contributed by atoms with Gasteiger partial charge in [-0.1, -0.05) is 25.7 Å².